The molecule has 0 saturated carbocycles. The number of nitrogens with one attached hydrogen (secondary N) is 2. The van der Waals surface area contributed by atoms with Crippen molar-refractivity contribution >= 4 is 46.2 Å². The molecule has 2 heterocycles. The Hall–Kier alpha value is -4.25. The minimum absolute atomic E-state index is 0.0247. The van der Waals surface area contributed by atoms with E-state index in [1.807, 2.05) is 36.1 Å². The van der Waals surface area contributed by atoms with Gasteiger partial charge in [-0.05, 0) is 48.6 Å². The van der Waals surface area contributed by atoms with Crippen LogP contribution in [0.1, 0.15) is 23.9 Å². The predicted molar refractivity (Wildman–Crippen MR) is 140 cm³/mol. The van der Waals surface area contributed by atoms with Gasteiger partial charge in [0, 0.05) is 61.7 Å². The number of piperazine rings is 1. The van der Waals surface area contributed by atoms with Crippen molar-refractivity contribution in [2.24, 2.45) is 0 Å². The van der Waals surface area contributed by atoms with E-state index in [0.29, 0.717) is 36.5 Å². The van der Waals surface area contributed by atoms with Crippen molar-refractivity contribution in [1.82, 2.24) is 10.2 Å². The van der Waals surface area contributed by atoms with Crippen molar-refractivity contribution in [3.8, 4) is 11.3 Å². The van der Waals surface area contributed by atoms with E-state index in [2.05, 4.69) is 15.5 Å². The van der Waals surface area contributed by atoms with Crippen molar-refractivity contribution in [3.63, 3.8) is 0 Å². The van der Waals surface area contributed by atoms with E-state index in [0.717, 1.165) is 18.8 Å². The van der Waals surface area contributed by atoms with E-state index in [4.69, 9.17) is 16.6 Å². The Kier molecular flexibility index (Phi) is 7.59. The molecule has 11 heteroatoms. The molecule has 4 rings (SSSR count). The predicted octanol–water partition coefficient (Wildman–Crippen LogP) is 4.04. The second kappa shape index (κ2) is 11.0. The number of nitro benzene ring substituents is 1. The molecular weight excluding hydrogens is 482 g/mol. The molecule has 2 aromatic carbocycles. The highest BCUT2D eigenvalue weighted by Crippen LogP contribution is 2.26. The van der Waals surface area contributed by atoms with Crippen LogP contribution in [0.15, 0.2) is 65.1 Å². The van der Waals surface area contributed by atoms with Gasteiger partial charge in [-0.15, -0.1) is 0 Å². The van der Waals surface area contributed by atoms with Crippen LogP contribution in [0, 0.1) is 10.1 Å². The molecule has 0 unspecified atom stereocenters. The minimum atomic E-state index is -0.541. The number of hydrogen-bond donors (Lipinski definition) is 2. The number of amides is 2. The minimum Gasteiger partial charge on any atom is -0.451 e. The summed E-state index contributed by atoms with van der Waals surface area (Å²) in [6, 6.07) is 16.7. The third-order valence-electron chi connectivity index (χ3n) is 5.82. The van der Waals surface area contributed by atoms with Gasteiger partial charge in [0.15, 0.2) is 10.9 Å². The Balaban J connectivity index is 1.31. The zero-order valence-electron chi connectivity index (χ0n) is 19.6. The topological polar surface area (TPSA) is 121 Å². The molecule has 0 atom stereocenters. The number of rotatable bonds is 6. The molecule has 1 aliphatic heterocycles. The van der Waals surface area contributed by atoms with Crippen LogP contribution in [0.25, 0.3) is 11.3 Å². The first-order valence-corrected chi connectivity index (χ1v) is 11.8. The van der Waals surface area contributed by atoms with Gasteiger partial charge < -0.3 is 19.5 Å². The zero-order chi connectivity index (χ0) is 25.7. The van der Waals surface area contributed by atoms with Crippen LogP contribution in [0.5, 0.6) is 0 Å². The number of thiocarbonyl (C=S) groups is 1. The summed E-state index contributed by atoms with van der Waals surface area (Å²) in [5, 5.41) is 16.6. The summed E-state index contributed by atoms with van der Waals surface area (Å²) in [4.78, 5) is 39.0. The number of carbonyl (C=O) groups is 2. The SMILES string of the molecule is CCC(=O)N1CCN(c2ccc(NC(=S)NC(=O)c3ccc(-c4cccc([N+](=O)[O-])c4)o3)cc2)CC1. The van der Waals surface area contributed by atoms with Crippen LogP contribution in [-0.4, -0.2) is 52.9 Å². The smallest absolute Gasteiger partial charge is 0.293 e. The van der Waals surface area contributed by atoms with E-state index in [9.17, 15) is 19.7 Å². The van der Waals surface area contributed by atoms with E-state index >= 15 is 0 Å². The molecular formula is C25H25N5O5S. The van der Waals surface area contributed by atoms with Gasteiger partial charge in [0.1, 0.15) is 5.76 Å². The average Bonchev–Trinajstić information content (AvgIpc) is 3.39. The van der Waals surface area contributed by atoms with E-state index in [1.165, 1.54) is 18.2 Å². The molecule has 1 aliphatic rings. The normalized spacial score (nSPS) is 13.2. The number of anilines is 2. The summed E-state index contributed by atoms with van der Waals surface area (Å²) in [5.74, 6) is -0.00483. The van der Waals surface area contributed by atoms with Crippen molar-refractivity contribution in [2.75, 3.05) is 36.4 Å². The molecule has 2 amide bonds. The number of non-ortho nitro benzene ring substituents is 1. The average molecular weight is 508 g/mol. The number of benzene rings is 2. The van der Waals surface area contributed by atoms with Crippen LogP contribution >= 0.6 is 12.2 Å². The van der Waals surface area contributed by atoms with Gasteiger partial charge in [0.05, 0.1) is 4.92 Å². The van der Waals surface area contributed by atoms with Crippen LogP contribution in [0.2, 0.25) is 0 Å². The fourth-order valence-corrected chi connectivity index (χ4v) is 4.12. The second-order valence-corrected chi connectivity index (χ2v) is 8.56. The van der Waals surface area contributed by atoms with E-state index in [-0.39, 0.29) is 22.5 Å². The third-order valence-corrected chi connectivity index (χ3v) is 6.03. The standard InChI is InChI=1S/C25H25N5O5S/c1-2-23(31)29-14-12-28(13-15-29)19-8-6-18(7-9-19)26-25(36)27-24(32)22-11-10-21(35-22)17-4-3-5-20(16-17)30(33)34/h3-11,16H,2,12-15H2,1H3,(H2,26,27,32,36). The Labute approximate surface area is 213 Å². The largest absolute Gasteiger partial charge is 0.451 e. The quantitative estimate of drug-likeness (QED) is 0.291. The highest BCUT2D eigenvalue weighted by molar-refractivity contribution is 7.80. The summed E-state index contributed by atoms with van der Waals surface area (Å²) in [7, 11) is 0. The highest BCUT2D eigenvalue weighted by Gasteiger charge is 2.20. The maximum Gasteiger partial charge on any atom is 0.293 e. The van der Waals surface area contributed by atoms with E-state index < -0.39 is 10.8 Å². The number of hydrogen-bond acceptors (Lipinski definition) is 7. The first-order valence-electron chi connectivity index (χ1n) is 11.4. The van der Waals surface area contributed by atoms with Crippen LogP contribution in [0.3, 0.4) is 0 Å². The van der Waals surface area contributed by atoms with Crippen LogP contribution < -0.4 is 15.5 Å². The molecule has 2 N–H and O–H groups in total. The number of carbonyl (C=O) groups excluding carboxylic acids is 2. The summed E-state index contributed by atoms with van der Waals surface area (Å²) in [6.07, 6.45) is 0.524. The lowest BCUT2D eigenvalue weighted by atomic mass is 10.1. The van der Waals surface area contributed by atoms with E-state index in [1.54, 1.807) is 18.2 Å². The van der Waals surface area contributed by atoms with Gasteiger partial charge in [0.25, 0.3) is 11.6 Å². The second-order valence-electron chi connectivity index (χ2n) is 8.15. The summed E-state index contributed by atoms with van der Waals surface area (Å²) in [5.41, 5.74) is 2.17. The monoisotopic (exact) mass is 507 g/mol. The number of nitrogens with zero attached hydrogens (tertiary/aromatic N) is 3. The Morgan fingerprint density at radius 3 is 2.44 bits per heavy atom. The summed E-state index contributed by atoms with van der Waals surface area (Å²) >= 11 is 5.26. The van der Waals surface area contributed by atoms with Gasteiger partial charge in [0.2, 0.25) is 5.91 Å². The molecule has 0 bridgehead atoms. The molecule has 1 saturated heterocycles. The van der Waals surface area contributed by atoms with Gasteiger partial charge >= 0.3 is 0 Å². The van der Waals surface area contributed by atoms with Gasteiger partial charge in [-0.25, -0.2) is 0 Å². The van der Waals surface area contributed by atoms with Gasteiger partial charge in [-0.3, -0.25) is 25.0 Å². The van der Waals surface area contributed by atoms with Crippen molar-refractivity contribution in [2.45, 2.75) is 13.3 Å². The molecule has 0 aliphatic carbocycles. The van der Waals surface area contributed by atoms with Crippen LogP contribution in [-0.2, 0) is 4.79 Å². The molecule has 186 valence electrons. The fraction of sp³-hybridized carbons (Fsp3) is 0.240. The molecule has 3 aromatic rings. The fourth-order valence-electron chi connectivity index (χ4n) is 3.91. The summed E-state index contributed by atoms with van der Waals surface area (Å²) in [6.45, 7) is 4.83. The van der Waals surface area contributed by atoms with Crippen LogP contribution in [0.4, 0.5) is 17.1 Å². The maximum atomic E-state index is 12.5. The lowest BCUT2D eigenvalue weighted by Crippen LogP contribution is -2.48. The first kappa shape index (κ1) is 24.9. The Morgan fingerprint density at radius 1 is 1.06 bits per heavy atom. The van der Waals surface area contributed by atoms with Crippen molar-refractivity contribution in [3.05, 3.63) is 76.5 Å². The van der Waals surface area contributed by atoms with Gasteiger partial charge in [-0.2, -0.15) is 0 Å². The molecule has 0 radical (unpaired) electrons. The summed E-state index contributed by atoms with van der Waals surface area (Å²) < 4.78 is 5.58. The first-order chi connectivity index (χ1) is 17.3. The maximum absolute atomic E-state index is 12.5. The zero-order valence-corrected chi connectivity index (χ0v) is 20.4. The lowest BCUT2D eigenvalue weighted by Gasteiger charge is -2.36. The van der Waals surface area contributed by atoms with Crippen molar-refractivity contribution < 1.29 is 18.9 Å². The molecule has 1 aromatic heterocycles. The number of furan rings is 1. The molecule has 1 fully saturated rings. The lowest BCUT2D eigenvalue weighted by molar-refractivity contribution is -0.384. The third kappa shape index (κ3) is 5.87. The molecule has 0 spiro atoms. The number of nitro groups is 1. The van der Waals surface area contributed by atoms with Crippen molar-refractivity contribution in [1.29, 1.82) is 0 Å². The molecule has 36 heavy (non-hydrogen) atoms. The molecule has 10 nitrogen and oxygen atoms in total. The Bertz CT molecular complexity index is 1280. The van der Waals surface area contributed by atoms with Gasteiger partial charge in [-0.1, -0.05) is 19.1 Å². The highest BCUT2D eigenvalue weighted by atomic mass is 32.1. The Morgan fingerprint density at radius 2 is 1.78 bits per heavy atom.